The summed E-state index contributed by atoms with van der Waals surface area (Å²) < 4.78 is 18.8. The van der Waals surface area contributed by atoms with Crippen LogP contribution in [-0.4, -0.2) is 40.7 Å². The van der Waals surface area contributed by atoms with Gasteiger partial charge in [-0.3, -0.25) is 14.7 Å². The summed E-state index contributed by atoms with van der Waals surface area (Å²) in [7, 11) is 1.63. The van der Waals surface area contributed by atoms with Gasteiger partial charge in [0, 0.05) is 46.9 Å². The van der Waals surface area contributed by atoms with Crippen molar-refractivity contribution < 1.29 is 13.9 Å². The minimum atomic E-state index is -0.274. The van der Waals surface area contributed by atoms with Gasteiger partial charge in [-0.1, -0.05) is 36.4 Å². The van der Waals surface area contributed by atoms with Crippen LogP contribution in [0.3, 0.4) is 0 Å². The first-order valence-electron chi connectivity index (χ1n) is 12.0. The van der Waals surface area contributed by atoms with Gasteiger partial charge >= 0.3 is 0 Å². The van der Waals surface area contributed by atoms with E-state index in [0.717, 1.165) is 39.2 Å². The minimum Gasteiger partial charge on any atom is -0.496 e. The number of nitrogens with zero attached hydrogens (tertiary/aromatic N) is 2. The van der Waals surface area contributed by atoms with E-state index < -0.39 is 0 Å². The van der Waals surface area contributed by atoms with Crippen molar-refractivity contribution in [3.05, 3.63) is 102 Å². The van der Waals surface area contributed by atoms with Crippen molar-refractivity contribution in [1.29, 1.82) is 0 Å². The summed E-state index contributed by atoms with van der Waals surface area (Å²) in [5.41, 5.74) is 3.04. The predicted molar refractivity (Wildman–Crippen MR) is 141 cm³/mol. The summed E-state index contributed by atoms with van der Waals surface area (Å²) in [6.45, 7) is 1.81. The number of thioether (sulfide) groups is 1. The number of rotatable bonds is 8. The van der Waals surface area contributed by atoms with Crippen molar-refractivity contribution in [2.24, 2.45) is 0 Å². The molecule has 1 aliphatic heterocycles. The van der Waals surface area contributed by atoms with Crippen LogP contribution in [0.2, 0.25) is 0 Å². The monoisotopic (exact) mass is 501 g/mol. The van der Waals surface area contributed by atoms with Gasteiger partial charge in [0.15, 0.2) is 0 Å². The number of ether oxygens (including phenoxy) is 1. The predicted octanol–water partition coefficient (Wildman–Crippen LogP) is 5.43. The smallest absolute Gasteiger partial charge is 0.237 e. The third-order valence-corrected chi connectivity index (χ3v) is 7.76. The number of amides is 1. The number of hydrogen-bond acceptors (Lipinski definition) is 5. The van der Waals surface area contributed by atoms with Crippen LogP contribution in [0.1, 0.15) is 17.5 Å². The van der Waals surface area contributed by atoms with Crippen LogP contribution >= 0.6 is 11.8 Å². The normalized spacial score (nSPS) is 17.8. The molecule has 4 aromatic rings. The van der Waals surface area contributed by atoms with Crippen molar-refractivity contribution in [3.8, 4) is 5.75 Å². The Morgan fingerprint density at radius 3 is 2.67 bits per heavy atom. The third kappa shape index (κ3) is 5.53. The van der Waals surface area contributed by atoms with E-state index in [1.807, 2.05) is 54.7 Å². The van der Waals surface area contributed by atoms with E-state index in [2.05, 4.69) is 21.3 Å². The first kappa shape index (κ1) is 24.3. The zero-order valence-corrected chi connectivity index (χ0v) is 20.9. The fourth-order valence-corrected chi connectivity index (χ4v) is 5.98. The van der Waals surface area contributed by atoms with Crippen LogP contribution in [0.5, 0.6) is 5.75 Å². The first-order chi connectivity index (χ1) is 17.6. The van der Waals surface area contributed by atoms with E-state index >= 15 is 0 Å². The van der Waals surface area contributed by atoms with Crippen molar-refractivity contribution in [3.63, 3.8) is 0 Å². The van der Waals surface area contributed by atoms with Gasteiger partial charge in [-0.2, -0.15) is 0 Å². The molecule has 5 nitrogen and oxygen atoms in total. The van der Waals surface area contributed by atoms with Gasteiger partial charge in [-0.05, 0) is 54.4 Å². The lowest BCUT2D eigenvalue weighted by Crippen LogP contribution is -2.42. The SMILES string of the molecule is COc1ccccc1CNC(=O)[C@@H]1C[C@@H](Sc2ccc(F)cc2)CN1Cc1ccnc2ccccc12. The van der Waals surface area contributed by atoms with E-state index in [1.54, 1.807) is 31.0 Å². The summed E-state index contributed by atoms with van der Waals surface area (Å²) in [6.07, 6.45) is 2.54. The Balaban J connectivity index is 1.35. The van der Waals surface area contributed by atoms with E-state index in [-0.39, 0.29) is 23.0 Å². The summed E-state index contributed by atoms with van der Waals surface area (Å²) >= 11 is 1.70. The highest BCUT2D eigenvalue weighted by Gasteiger charge is 2.37. The molecule has 2 heterocycles. The van der Waals surface area contributed by atoms with E-state index in [1.165, 1.54) is 12.1 Å². The van der Waals surface area contributed by atoms with Gasteiger partial charge in [-0.25, -0.2) is 4.39 Å². The fourth-order valence-electron chi connectivity index (χ4n) is 4.76. The zero-order valence-electron chi connectivity index (χ0n) is 20.1. The van der Waals surface area contributed by atoms with E-state index in [0.29, 0.717) is 19.5 Å². The number of benzene rings is 3. The molecule has 3 aromatic carbocycles. The minimum absolute atomic E-state index is 0.00136. The van der Waals surface area contributed by atoms with Gasteiger partial charge in [0.25, 0.3) is 0 Å². The molecule has 1 saturated heterocycles. The Morgan fingerprint density at radius 2 is 1.83 bits per heavy atom. The van der Waals surface area contributed by atoms with Gasteiger partial charge in [-0.15, -0.1) is 11.8 Å². The molecule has 5 rings (SSSR count). The lowest BCUT2D eigenvalue weighted by molar-refractivity contribution is -0.125. The number of carbonyl (C=O) groups is 1. The number of hydrogen-bond donors (Lipinski definition) is 1. The van der Waals surface area contributed by atoms with E-state index in [9.17, 15) is 9.18 Å². The molecular weight excluding hydrogens is 473 g/mol. The average Bonchev–Trinajstić information content (AvgIpc) is 3.31. The van der Waals surface area contributed by atoms with Crippen molar-refractivity contribution in [2.45, 2.75) is 35.7 Å². The summed E-state index contributed by atoms with van der Waals surface area (Å²) in [6, 6.07) is 24.1. The Kier molecular flexibility index (Phi) is 7.49. The molecule has 0 saturated carbocycles. The third-order valence-electron chi connectivity index (χ3n) is 6.54. The number of aromatic nitrogens is 1. The quantitative estimate of drug-likeness (QED) is 0.349. The van der Waals surface area contributed by atoms with Crippen LogP contribution in [0.25, 0.3) is 10.9 Å². The molecule has 2 atom stereocenters. The van der Waals surface area contributed by atoms with Crippen molar-refractivity contribution in [2.75, 3.05) is 13.7 Å². The van der Waals surface area contributed by atoms with Crippen LogP contribution in [0, 0.1) is 5.82 Å². The Labute approximate surface area is 214 Å². The summed E-state index contributed by atoms with van der Waals surface area (Å²) in [5.74, 6) is 0.515. The topological polar surface area (TPSA) is 54.5 Å². The molecule has 0 aliphatic carbocycles. The second-order valence-electron chi connectivity index (χ2n) is 8.89. The molecule has 0 radical (unpaired) electrons. The maximum atomic E-state index is 13.5. The molecule has 184 valence electrons. The summed E-state index contributed by atoms with van der Waals surface area (Å²) in [4.78, 5) is 21.2. The highest BCUT2D eigenvalue weighted by atomic mass is 32.2. The van der Waals surface area contributed by atoms with Crippen molar-refractivity contribution >= 4 is 28.6 Å². The highest BCUT2D eigenvalue weighted by molar-refractivity contribution is 8.00. The van der Waals surface area contributed by atoms with Gasteiger partial charge < -0.3 is 10.1 Å². The second-order valence-corrected chi connectivity index (χ2v) is 10.3. The van der Waals surface area contributed by atoms with Crippen LogP contribution in [0.15, 0.2) is 90.0 Å². The summed E-state index contributed by atoms with van der Waals surface area (Å²) in [5, 5.41) is 4.44. The first-order valence-corrected chi connectivity index (χ1v) is 12.9. The Bertz CT molecular complexity index is 1340. The number of carbonyl (C=O) groups excluding carboxylic acids is 1. The molecular formula is C29H28FN3O2S. The van der Waals surface area contributed by atoms with Gasteiger partial charge in [0.1, 0.15) is 11.6 Å². The second kappa shape index (κ2) is 11.1. The van der Waals surface area contributed by atoms with E-state index in [4.69, 9.17) is 4.74 Å². The lowest BCUT2D eigenvalue weighted by atomic mass is 10.1. The highest BCUT2D eigenvalue weighted by Crippen LogP contribution is 2.34. The van der Waals surface area contributed by atoms with Crippen LogP contribution in [-0.2, 0) is 17.9 Å². The molecule has 1 aromatic heterocycles. The molecule has 0 bridgehead atoms. The fraction of sp³-hybridized carbons (Fsp3) is 0.241. The number of methoxy groups -OCH3 is 1. The molecule has 1 aliphatic rings. The van der Waals surface area contributed by atoms with Crippen LogP contribution < -0.4 is 10.1 Å². The Hall–Kier alpha value is -3.42. The maximum Gasteiger partial charge on any atom is 0.237 e. The van der Waals surface area contributed by atoms with Gasteiger partial charge in [0.05, 0.1) is 18.7 Å². The average molecular weight is 502 g/mol. The molecule has 1 amide bonds. The van der Waals surface area contributed by atoms with Gasteiger partial charge in [0.2, 0.25) is 5.91 Å². The molecule has 7 heteroatoms. The number of halogens is 1. The number of pyridine rings is 1. The Morgan fingerprint density at radius 1 is 1.06 bits per heavy atom. The number of fused-ring (bicyclic) bond motifs is 1. The molecule has 0 unspecified atom stereocenters. The maximum absolute atomic E-state index is 13.5. The van der Waals surface area contributed by atoms with Crippen molar-refractivity contribution in [1.82, 2.24) is 15.2 Å². The largest absolute Gasteiger partial charge is 0.496 e. The zero-order chi connectivity index (χ0) is 24.9. The van der Waals surface area contributed by atoms with Crippen LogP contribution in [0.4, 0.5) is 4.39 Å². The standard InChI is InChI=1S/C29H28FN3O2S/c1-35-28-9-5-2-6-20(28)17-32-29(34)27-16-24(36-23-12-10-22(30)11-13-23)19-33(27)18-21-14-15-31-26-8-4-3-7-25(21)26/h2-15,24,27H,16-19H2,1H3,(H,32,34)/t24-,27+/m1/s1. The number of likely N-dealkylation sites (tertiary alicyclic amines) is 1. The molecule has 1 fully saturated rings. The molecule has 0 spiro atoms. The number of para-hydroxylation sites is 2. The number of nitrogens with one attached hydrogen (secondary N) is 1. The molecule has 1 N–H and O–H groups in total. The lowest BCUT2D eigenvalue weighted by Gasteiger charge is -2.24. The molecule has 36 heavy (non-hydrogen) atoms.